The molecule has 5 rings (SSSR count). The van der Waals surface area contributed by atoms with E-state index in [9.17, 15) is 24.3 Å². The zero-order valence-corrected chi connectivity index (χ0v) is 23.6. The van der Waals surface area contributed by atoms with Gasteiger partial charge in [0, 0.05) is 36.8 Å². The third-order valence-electron chi connectivity index (χ3n) is 8.71. The molecule has 0 saturated heterocycles. The Morgan fingerprint density at radius 1 is 0.895 bits per heavy atom. The molecule has 1 saturated carbocycles. The Kier molecular flexibility index (Phi) is 5.49. The van der Waals surface area contributed by atoms with E-state index < -0.39 is 39.4 Å². The highest BCUT2D eigenvalue weighted by Gasteiger charge is 2.68. The first kappa shape index (κ1) is 26.4. The van der Waals surface area contributed by atoms with Crippen molar-refractivity contribution < 1.29 is 29.0 Å². The number of benzene rings is 1. The summed E-state index contributed by atoms with van der Waals surface area (Å²) in [6.45, 7) is 13.2. The fourth-order valence-electron chi connectivity index (χ4n) is 7.46. The van der Waals surface area contributed by atoms with Crippen molar-refractivity contribution in [2.75, 3.05) is 12.0 Å². The minimum Gasteiger partial charge on any atom is -0.512 e. The van der Waals surface area contributed by atoms with Crippen LogP contribution in [0.15, 0.2) is 29.5 Å². The quantitative estimate of drug-likeness (QED) is 0.548. The number of amides is 1. The van der Waals surface area contributed by atoms with Crippen molar-refractivity contribution in [3.63, 3.8) is 0 Å². The van der Waals surface area contributed by atoms with Crippen molar-refractivity contribution in [3.05, 3.63) is 40.7 Å². The molecule has 0 aromatic heterocycles. The van der Waals surface area contributed by atoms with E-state index in [0.717, 1.165) is 11.1 Å². The van der Waals surface area contributed by atoms with Gasteiger partial charge in [0.1, 0.15) is 28.5 Å². The maximum Gasteiger partial charge on any atom is 0.244 e. The zero-order chi connectivity index (χ0) is 28.2. The van der Waals surface area contributed by atoms with E-state index in [-0.39, 0.29) is 48.6 Å². The number of aliphatic hydroxyl groups excluding tert-OH is 1. The minimum atomic E-state index is -1.96. The van der Waals surface area contributed by atoms with E-state index in [1.165, 1.54) is 7.11 Å². The summed E-state index contributed by atoms with van der Waals surface area (Å²) in [7, 11) is 1.51. The molecule has 202 valence electrons. The van der Waals surface area contributed by atoms with Gasteiger partial charge in [-0.1, -0.05) is 33.8 Å². The lowest BCUT2D eigenvalue weighted by molar-refractivity contribution is -0.146. The number of methoxy groups -OCH3 is 1. The van der Waals surface area contributed by atoms with E-state index >= 15 is 0 Å². The van der Waals surface area contributed by atoms with Crippen LogP contribution >= 0.6 is 0 Å². The zero-order valence-electron chi connectivity index (χ0n) is 23.6. The molecular weight excluding hydrogens is 482 g/mol. The number of ketones is 3. The van der Waals surface area contributed by atoms with Crippen LogP contribution in [-0.4, -0.2) is 41.0 Å². The normalized spacial score (nSPS) is 28.0. The maximum atomic E-state index is 15.0. The maximum absolute atomic E-state index is 15.0. The van der Waals surface area contributed by atoms with E-state index in [1.54, 1.807) is 11.0 Å². The van der Waals surface area contributed by atoms with Crippen LogP contribution in [0.3, 0.4) is 0 Å². The van der Waals surface area contributed by atoms with Crippen molar-refractivity contribution in [2.24, 2.45) is 16.7 Å². The lowest BCUT2D eigenvalue weighted by atomic mass is 9.55. The molecule has 1 aromatic rings. The summed E-state index contributed by atoms with van der Waals surface area (Å²) >= 11 is 0. The third kappa shape index (κ3) is 3.46. The third-order valence-corrected chi connectivity index (χ3v) is 8.71. The number of hydrogen-bond acceptors (Lipinski definition) is 6. The number of hydrogen-bond donors (Lipinski definition) is 1. The molecule has 0 radical (unpaired) electrons. The second kappa shape index (κ2) is 7.90. The highest BCUT2D eigenvalue weighted by Crippen LogP contribution is 2.61. The summed E-state index contributed by atoms with van der Waals surface area (Å²) in [5.74, 6) is -2.86. The molecule has 2 heterocycles. The molecule has 2 aliphatic heterocycles. The Hall–Kier alpha value is -3.22. The van der Waals surface area contributed by atoms with Crippen LogP contribution in [0.5, 0.6) is 5.75 Å². The average molecular weight is 520 g/mol. The molecular formula is C31H37NO6. The molecule has 1 N–H and O–H groups in total. The molecule has 0 unspecified atom stereocenters. The molecule has 1 fully saturated rings. The van der Waals surface area contributed by atoms with Gasteiger partial charge in [-0.3, -0.25) is 19.2 Å². The molecule has 0 spiro atoms. The van der Waals surface area contributed by atoms with Crippen molar-refractivity contribution in [1.82, 2.24) is 0 Å². The average Bonchev–Trinajstić information content (AvgIpc) is 2.99. The predicted octanol–water partition coefficient (Wildman–Crippen LogP) is 5.25. The molecule has 4 aliphatic rings. The Labute approximate surface area is 223 Å². The molecule has 1 atom stereocenters. The fraction of sp³-hybridized carbons (Fsp3) is 0.548. The monoisotopic (exact) mass is 519 g/mol. The molecule has 2 aliphatic carbocycles. The van der Waals surface area contributed by atoms with Gasteiger partial charge >= 0.3 is 0 Å². The van der Waals surface area contributed by atoms with E-state index in [2.05, 4.69) is 0 Å². The molecule has 7 heteroatoms. The van der Waals surface area contributed by atoms with Crippen LogP contribution in [0, 0.1) is 16.7 Å². The first-order valence-electron chi connectivity index (χ1n) is 13.2. The van der Waals surface area contributed by atoms with Gasteiger partial charge in [0.25, 0.3) is 0 Å². The second-order valence-corrected chi connectivity index (χ2v) is 13.6. The smallest absolute Gasteiger partial charge is 0.244 e. The van der Waals surface area contributed by atoms with Crippen LogP contribution in [0.2, 0.25) is 0 Å². The van der Waals surface area contributed by atoms with Gasteiger partial charge < -0.3 is 14.7 Å². The molecule has 1 amide bonds. The number of Topliss-reactive ketones (excluding diaryl/α,β-unsaturated/α-hetero) is 3. The number of carbonyl (C=O) groups is 4. The Bertz CT molecular complexity index is 1370. The van der Waals surface area contributed by atoms with E-state index in [1.807, 2.05) is 60.6 Å². The SMILES string of the molecule is COc1cc2c3c(c1)[C@@](C1=C(O)CC(C)(C)CC1=O)(C1C(=O)CC(C)(C)CC1=O)C(=O)N3C(C)(C)C=C2C. The molecule has 1 aromatic carbocycles. The Morgan fingerprint density at radius 2 is 1.47 bits per heavy atom. The van der Waals surface area contributed by atoms with Gasteiger partial charge in [-0.2, -0.15) is 0 Å². The number of allylic oxidation sites excluding steroid dienone is 2. The highest BCUT2D eigenvalue weighted by molar-refractivity contribution is 6.25. The van der Waals surface area contributed by atoms with Gasteiger partial charge in [0.05, 0.1) is 29.8 Å². The summed E-state index contributed by atoms with van der Waals surface area (Å²) in [5, 5.41) is 11.5. The van der Waals surface area contributed by atoms with Crippen molar-refractivity contribution in [1.29, 1.82) is 0 Å². The van der Waals surface area contributed by atoms with Crippen LogP contribution in [0.4, 0.5) is 5.69 Å². The largest absolute Gasteiger partial charge is 0.512 e. The Balaban J connectivity index is 1.94. The summed E-state index contributed by atoms with van der Waals surface area (Å²) in [5.41, 5.74) is -1.33. The number of carbonyl (C=O) groups excluding carboxylic acids is 4. The first-order chi connectivity index (χ1) is 17.5. The lowest BCUT2D eigenvalue weighted by Crippen LogP contribution is -2.60. The van der Waals surface area contributed by atoms with Crippen LogP contribution in [-0.2, 0) is 24.6 Å². The summed E-state index contributed by atoms with van der Waals surface area (Å²) < 4.78 is 5.63. The van der Waals surface area contributed by atoms with Gasteiger partial charge in [0.15, 0.2) is 5.78 Å². The summed E-state index contributed by atoms with van der Waals surface area (Å²) in [6.07, 6.45) is 2.42. The van der Waals surface area contributed by atoms with Gasteiger partial charge in [-0.15, -0.1) is 0 Å². The standard InChI is InChI=1S/C31H37NO6/c1-16-11-30(6,7)32-26-18(16)9-17(38-8)10-19(26)31(27(32)37,24-20(33)12-28(2,3)13-21(24)34)25-22(35)14-29(4,5)15-23(25)36/h9-11,24,35H,12-15H2,1-8H3/t31-/m0/s1. The van der Waals surface area contributed by atoms with Crippen LogP contribution < -0.4 is 9.64 Å². The van der Waals surface area contributed by atoms with Gasteiger partial charge in [-0.25, -0.2) is 0 Å². The van der Waals surface area contributed by atoms with Crippen LogP contribution in [0.25, 0.3) is 5.57 Å². The summed E-state index contributed by atoms with van der Waals surface area (Å²) in [6, 6.07) is 3.52. The number of aliphatic hydroxyl groups is 1. The number of ether oxygens (including phenoxy) is 1. The Morgan fingerprint density at radius 3 is 2.03 bits per heavy atom. The lowest BCUT2D eigenvalue weighted by Gasteiger charge is -2.45. The topological polar surface area (TPSA) is 101 Å². The van der Waals surface area contributed by atoms with E-state index in [4.69, 9.17) is 4.74 Å². The van der Waals surface area contributed by atoms with Crippen molar-refractivity contribution in [2.45, 2.75) is 85.1 Å². The minimum absolute atomic E-state index is 0.0921. The van der Waals surface area contributed by atoms with Gasteiger partial charge in [-0.05, 0) is 49.3 Å². The summed E-state index contributed by atoms with van der Waals surface area (Å²) in [4.78, 5) is 58.5. The van der Waals surface area contributed by atoms with Crippen molar-refractivity contribution >= 4 is 34.5 Å². The van der Waals surface area contributed by atoms with Crippen LogP contribution in [0.1, 0.15) is 85.3 Å². The highest BCUT2D eigenvalue weighted by atomic mass is 16.5. The molecule has 38 heavy (non-hydrogen) atoms. The fourth-order valence-corrected chi connectivity index (χ4v) is 7.46. The first-order valence-corrected chi connectivity index (χ1v) is 13.2. The van der Waals surface area contributed by atoms with Crippen molar-refractivity contribution in [3.8, 4) is 5.75 Å². The number of nitrogens with zero attached hydrogens (tertiary/aromatic N) is 1. The number of anilines is 1. The van der Waals surface area contributed by atoms with E-state index in [0.29, 0.717) is 17.0 Å². The predicted molar refractivity (Wildman–Crippen MR) is 144 cm³/mol. The second-order valence-electron chi connectivity index (χ2n) is 13.6. The van der Waals surface area contributed by atoms with Gasteiger partial charge in [0.2, 0.25) is 5.91 Å². The molecule has 0 bridgehead atoms. The molecule has 7 nitrogen and oxygen atoms in total. The number of rotatable bonds is 3.